The van der Waals surface area contributed by atoms with Crippen LogP contribution in [0.3, 0.4) is 0 Å². The summed E-state index contributed by atoms with van der Waals surface area (Å²) in [6.07, 6.45) is 5.04. The second-order valence-electron chi connectivity index (χ2n) is 5.33. The summed E-state index contributed by atoms with van der Waals surface area (Å²) in [5.41, 5.74) is 6.84. The van der Waals surface area contributed by atoms with Crippen LogP contribution in [0.4, 0.5) is 0 Å². The van der Waals surface area contributed by atoms with Gasteiger partial charge in [-0.15, -0.1) is 11.3 Å². The Kier molecular flexibility index (Phi) is 4.95. The summed E-state index contributed by atoms with van der Waals surface area (Å²) in [6.45, 7) is 2.15. The molecule has 0 amide bonds. The van der Waals surface area contributed by atoms with E-state index in [2.05, 4.69) is 35.5 Å². The first-order valence-electron chi connectivity index (χ1n) is 7.39. The molecule has 0 aromatic carbocycles. The van der Waals surface area contributed by atoms with Crippen LogP contribution < -0.4 is 11.3 Å². The highest BCUT2D eigenvalue weighted by Gasteiger charge is 2.19. The maximum absolute atomic E-state index is 5.79. The van der Waals surface area contributed by atoms with E-state index in [-0.39, 0.29) is 6.04 Å². The third-order valence-electron chi connectivity index (χ3n) is 3.90. The van der Waals surface area contributed by atoms with Gasteiger partial charge in [-0.05, 0) is 41.9 Å². The Morgan fingerprint density at radius 2 is 2.33 bits per heavy atom. The molecule has 2 aromatic heterocycles. The Hall–Kier alpha value is -0.880. The number of hydrazine groups is 1. The molecule has 3 rings (SSSR count). The van der Waals surface area contributed by atoms with Gasteiger partial charge in [0.15, 0.2) is 0 Å². The zero-order chi connectivity index (χ0) is 14.7. The molecule has 1 unspecified atom stereocenters. The van der Waals surface area contributed by atoms with Crippen LogP contribution in [-0.4, -0.2) is 10.7 Å². The van der Waals surface area contributed by atoms with E-state index in [1.165, 1.54) is 28.2 Å². The third kappa shape index (κ3) is 3.48. The van der Waals surface area contributed by atoms with Crippen LogP contribution in [0, 0.1) is 0 Å². The average Bonchev–Trinajstić information content (AvgIpc) is 2.97. The van der Waals surface area contributed by atoms with E-state index in [4.69, 9.17) is 5.84 Å². The molecule has 21 heavy (non-hydrogen) atoms. The van der Waals surface area contributed by atoms with Gasteiger partial charge in [-0.3, -0.25) is 16.3 Å². The minimum Gasteiger partial charge on any atom is -0.271 e. The van der Waals surface area contributed by atoms with Crippen molar-refractivity contribution in [3.63, 3.8) is 0 Å². The van der Waals surface area contributed by atoms with Crippen molar-refractivity contribution in [2.75, 3.05) is 5.75 Å². The molecule has 1 aliphatic rings. The zero-order valence-corrected chi connectivity index (χ0v) is 13.9. The Labute approximate surface area is 134 Å². The summed E-state index contributed by atoms with van der Waals surface area (Å²) >= 11 is 3.93. The van der Waals surface area contributed by atoms with Crippen molar-refractivity contribution in [2.45, 2.75) is 38.0 Å². The first-order chi connectivity index (χ1) is 10.3. The van der Waals surface area contributed by atoms with Gasteiger partial charge in [-0.25, -0.2) is 0 Å². The monoisotopic (exact) mass is 319 g/mol. The lowest BCUT2D eigenvalue weighted by Crippen LogP contribution is -2.29. The number of aryl methyl sites for hydroxylation is 2. The number of nitrogens with zero attached hydrogens (tertiary/aromatic N) is 1. The van der Waals surface area contributed by atoms with Crippen LogP contribution in [0.5, 0.6) is 0 Å². The molecular formula is C16H21N3S2. The number of nitrogens with one attached hydrogen (secondary N) is 1. The van der Waals surface area contributed by atoms with Crippen LogP contribution in [0.2, 0.25) is 0 Å². The Morgan fingerprint density at radius 3 is 3.00 bits per heavy atom. The number of hydrogen-bond acceptors (Lipinski definition) is 5. The zero-order valence-electron chi connectivity index (χ0n) is 12.3. The maximum Gasteiger partial charge on any atom is 0.0608 e. The molecule has 1 aliphatic heterocycles. The number of aromatic nitrogens is 1. The van der Waals surface area contributed by atoms with Gasteiger partial charge in [-0.2, -0.15) is 11.8 Å². The van der Waals surface area contributed by atoms with E-state index in [1.807, 2.05) is 29.3 Å². The van der Waals surface area contributed by atoms with E-state index in [9.17, 15) is 0 Å². The van der Waals surface area contributed by atoms with Crippen molar-refractivity contribution in [3.8, 4) is 0 Å². The smallest absolute Gasteiger partial charge is 0.0608 e. The standard InChI is InChI=1S/C16H21N3S2/c1-2-11-3-4-13(18-9-11)8-14(19-17)16-7-12-10-20-6-5-15(12)21-16/h3-4,7,9,14,19H,2,5-6,8,10,17H2,1H3. The molecule has 5 heteroatoms. The molecular weight excluding hydrogens is 298 g/mol. The molecule has 0 fully saturated rings. The summed E-state index contributed by atoms with van der Waals surface area (Å²) in [5.74, 6) is 8.18. The van der Waals surface area contributed by atoms with Crippen LogP contribution in [0.25, 0.3) is 0 Å². The van der Waals surface area contributed by atoms with Crippen molar-refractivity contribution >= 4 is 23.1 Å². The Balaban J connectivity index is 1.76. The number of thiophene rings is 1. The quantitative estimate of drug-likeness (QED) is 0.656. The SMILES string of the molecule is CCc1ccc(CC(NN)c2cc3c(s2)CCSC3)nc1. The molecule has 0 spiro atoms. The molecule has 0 saturated carbocycles. The second-order valence-corrected chi connectivity index (χ2v) is 7.61. The number of fused-ring (bicyclic) bond motifs is 1. The number of rotatable bonds is 5. The lowest BCUT2D eigenvalue weighted by atomic mass is 10.1. The van der Waals surface area contributed by atoms with E-state index in [1.54, 1.807) is 4.88 Å². The normalized spacial score (nSPS) is 15.7. The first kappa shape index (κ1) is 15.0. The fourth-order valence-electron chi connectivity index (χ4n) is 2.58. The minimum atomic E-state index is 0.158. The molecule has 2 aromatic rings. The minimum absolute atomic E-state index is 0.158. The topological polar surface area (TPSA) is 50.9 Å². The van der Waals surface area contributed by atoms with Crippen LogP contribution in [-0.2, 0) is 25.0 Å². The maximum atomic E-state index is 5.79. The number of pyridine rings is 1. The van der Waals surface area contributed by atoms with Crippen LogP contribution >= 0.6 is 23.1 Å². The van der Waals surface area contributed by atoms with Gasteiger partial charge in [0.05, 0.1) is 6.04 Å². The van der Waals surface area contributed by atoms with E-state index >= 15 is 0 Å². The lowest BCUT2D eigenvalue weighted by molar-refractivity contribution is 0.554. The van der Waals surface area contributed by atoms with Crippen molar-refractivity contribution in [1.29, 1.82) is 0 Å². The van der Waals surface area contributed by atoms with Gasteiger partial charge in [0.25, 0.3) is 0 Å². The van der Waals surface area contributed by atoms with Gasteiger partial charge in [0.1, 0.15) is 0 Å². The number of nitrogens with two attached hydrogens (primary N) is 1. The van der Waals surface area contributed by atoms with E-state index in [0.29, 0.717) is 0 Å². The fourth-order valence-corrected chi connectivity index (χ4v) is 5.01. The summed E-state index contributed by atoms with van der Waals surface area (Å²) in [7, 11) is 0. The van der Waals surface area contributed by atoms with Gasteiger partial charge in [-0.1, -0.05) is 13.0 Å². The molecule has 0 saturated heterocycles. The third-order valence-corrected chi connectivity index (χ3v) is 6.26. The fraction of sp³-hybridized carbons (Fsp3) is 0.438. The average molecular weight is 319 g/mol. The van der Waals surface area contributed by atoms with Gasteiger partial charge < -0.3 is 0 Å². The predicted molar refractivity (Wildman–Crippen MR) is 91.6 cm³/mol. The lowest BCUT2D eigenvalue weighted by Gasteiger charge is -2.13. The molecule has 3 nitrogen and oxygen atoms in total. The van der Waals surface area contributed by atoms with Crippen molar-refractivity contribution < 1.29 is 0 Å². The highest BCUT2D eigenvalue weighted by molar-refractivity contribution is 7.98. The van der Waals surface area contributed by atoms with Gasteiger partial charge in [0, 0.05) is 33.8 Å². The predicted octanol–water partition coefficient (Wildman–Crippen LogP) is 3.24. The molecule has 0 aliphatic carbocycles. The molecule has 3 heterocycles. The second kappa shape index (κ2) is 6.92. The summed E-state index contributed by atoms with van der Waals surface area (Å²) in [6, 6.07) is 6.76. The Bertz CT molecular complexity index is 569. The molecule has 0 bridgehead atoms. The summed E-state index contributed by atoms with van der Waals surface area (Å²) in [5, 5.41) is 0. The van der Waals surface area contributed by atoms with E-state index < -0.39 is 0 Å². The van der Waals surface area contributed by atoms with Crippen LogP contribution in [0.15, 0.2) is 24.4 Å². The van der Waals surface area contributed by atoms with Gasteiger partial charge >= 0.3 is 0 Å². The van der Waals surface area contributed by atoms with Crippen LogP contribution in [0.1, 0.15) is 39.5 Å². The summed E-state index contributed by atoms with van der Waals surface area (Å²) < 4.78 is 0. The van der Waals surface area contributed by atoms with E-state index in [0.717, 1.165) is 24.3 Å². The summed E-state index contributed by atoms with van der Waals surface area (Å²) in [4.78, 5) is 7.43. The molecule has 112 valence electrons. The van der Waals surface area contributed by atoms with Crippen molar-refractivity contribution in [1.82, 2.24) is 10.4 Å². The number of thioether (sulfide) groups is 1. The van der Waals surface area contributed by atoms with Gasteiger partial charge in [0.2, 0.25) is 0 Å². The number of hydrogen-bond donors (Lipinski definition) is 2. The molecule has 1 atom stereocenters. The van der Waals surface area contributed by atoms with Crippen molar-refractivity contribution in [3.05, 3.63) is 51.0 Å². The molecule has 3 N–H and O–H groups in total. The van der Waals surface area contributed by atoms with Crippen molar-refractivity contribution in [2.24, 2.45) is 5.84 Å². The Morgan fingerprint density at radius 1 is 1.43 bits per heavy atom. The highest BCUT2D eigenvalue weighted by Crippen LogP contribution is 2.35. The molecule has 0 radical (unpaired) electrons. The highest BCUT2D eigenvalue weighted by atomic mass is 32.2. The first-order valence-corrected chi connectivity index (χ1v) is 9.36. The largest absolute Gasteiger partial charge is 0.271 e.